The largest absolute Gasteiger partial charge is 0.271 e. The lowest BCUT2D eigenvalue weighted by molar-refractivity contribution is 0.513. The van der Waals surface area contributed by atoms with E-state index in [2.05, 4.69) is 28.7 Å². The molecule has 0 aliphatic heterocycles. The highest BCUT2D eigenvalue weighted by molar-refractivity contribution is 7.98. The molecule has 0 aliphatic rings. The van der Waals surface area contributed by atoms with E-state index in [4.69, 9.17) is 5.84 Å². The van der Waals surface area contributed by atoms with E-state index in [0.29, 0.717) is 0 Å². The van der Waals surface area contributed by atoms with Gasteiger partial charge < -0.3 is 0 Å². The molecule has 15 heavy (non-hydrogen) atoms. The third-order valence-electron chi connectivity index (χ3n) is 2.16. The average Bonchev–Trinajstić information content (AvgIpc) is 2.66. The summed E-state index contributed by atoms with van der Waals surface area (Å²) in [6.07, 6.45) is 5.58. The van der Waals surface area contributed by atoms with E-state index in [1.54, 1.807) is 18.1 Å². The third kappa shape index (κ3) is 3.81. The summed E-state index contributed by atoms with van der Waals surface area (Å²) in [6.45, 7) is 3.05. The standard InChI is InChI=1S/C9H19N5S/c1-3-4-14-9(11-7-12-14)5-8(13-10)6-15-2/h7-8,13H,3-6,10H2,1-2H3. The Kier molecular flexibility index (Phi) is 5.67. The van der Waals surface area contributed by atoms with E-state index in [1.807, 2.05) is 4.68 Å². The molecule has 0 fully saturated rings. The lowest BCUT2D eigenvalue weighted by Gasteiger charge is -2.14. The number of nitrogens with two attached hydrogens (primary N) is 1. The fourth-order valence-corrected chi connectivity index (χ4v) is 2.05. The molecule has 86 valence electrons. The summed E-state index contributed by atoms with van der Waals surface area (Å²) >= 11 is 1.78. The molecule has 0 aliphatic carbocycles. The SMILES string of the molecule is CCCn1ncnc1CC(CSC)NN. The average molecular weight is 229 g/mol. The van der Waals surface area contributed by atoms with E-state index in [1.165, 1.54) is 0 Å². The first-order valence-electron chi connectivity index (χ1n) is 5.13. The first-order valence-corrected chi connectivity index (χ1v) is 6.53. The zero-order valence-electron chi connectivity index (χ0n) is 9.31. The Hall–Kier alpha value is -0.590. The molecule has 1 rings (SSSR count). The Bertz CT molecular complexity index is 275. The minimum atomic E-state index is 0.264. The number of rotatable bonds is 7. The predicted octanol–water partition coefficient (Wildman–Crippen LogP) is 0.425. The van der Waals surface area contributed by atoms with Crippen LogP contribution in [0.2, 0.25) is 0 Å². The van der Waals surface area contributed by atoms with Crippen molar-refractivity contribution in [2.24, 2.45) is 5.84 Å². The van der Waals surface area contributed by atoms with Crippen LogP contribution in [0.15, 0.2) is 6.33 Å². The Balaban J connectivity index is 2.57. The number of nitrogens with zero attached hydrogens (tertiary/aromatic N) is 3. The lowest BCUT2D eigenvalue weighted by atomic mass is 10.2. The second-order valence-corrected chi connectivity index (χ2v) is 4.33. The van der Waals surface area contributed by atoms with Gasteiger partial charge in [-0.2, -0.15) is 16.9 Å². The van der Waals surface area contributed by atoms with Crippen molar-refractivity contribution >= 4 is 11.8 Å². The molecule has 1 unspecified atom stereocenters. The molecule has 0 bridgehead atoms. The number of aromatic nitrogens is 3. The topological polar surface area (TPSA) is 68.8 Å². The van der Waals surface area contributed by atoms with Crippen LogP contribution >= 0.6 is 11.8 Å². The van der Waals surface area contributed by atoms with Gasteiger partial charge in [0.25, 0.3) is 0 Å². The summed E-state index contributed by atoms with van der Waals surface area (Å²) in [5.41, 5.74) is 2.81. The van der Waals surface area contributed by atoms with E-state index in [9.17, 15) is 0 Å². The van der Waals surface area contributed by atoms with Crippen molar-refractivity contribution in [1.82, 2.24) is 20.2 Å². The first-order chi connectivity index (χ1) is 7.31. The molecule has 3 N–H and O–H groups in total. The fourth-order valence-electron chi connectivity index (χ4n) is 1.43. The molecule has 0 radical (unpaired) electrons. The van der Waals surface area contributed by atoms with Crippen molar-refractivity contribution in [2.45, 2.75) is 32.4 Å². The van der Waals surface area contributed by atoms with Gasteiger partial charge in [-0.05, 0) is 12.7 Å². The number of hydrazine groups is 1. The number of hydrogen-bond donors (Lipinski definition) is 2. The highest BCUT2D eigenvalue weighted by atomic mass is 32.2. The minimum absolute atomic E-state index is 0.264. The maximum absolute atomic E-state index is 5.48. The molecule has 0 saturated carbocycles. The lowest BCUT2D eigenvalue weighted by Crippen LogP contribution is -2.39. The van der Waals surface area contributed by atoms with Crippen LogP contribution in [0.4, 0.5) is 0 Å². The summed E-state index contributed by atoms with van der Waals surface area (Å²) in [4.78, 5) is 4.25. The molecule has 0 saturated heterocycles. The quantitative estimate of drug-likeness (QED) is 0.524. The van der Waals surface area contributed by atoms with Gasteiger partial charge in [-0.25, -0.2) is 4.98 Å². The van der Waals surface area contributed by atoms with Gasteiger partial charge in [-0.15, -0.1) is 0 Å². The monoisotopic (exact) mass is 229 g/mol. The Labute approximate surface area is 94.8 Å². The van der Waals surface area contributed by atoms with Crippen LogP contribution in [-0.4, -0.2) is 32.8 Å². The summed E-state index contributed by atoms with van der Waals surface area (Å²) in [5, 5.41) is 4.18. The highest BCUT2D eigenvalue weighted by Crippen LogP contribution is 2.04. The minimum Gasteiger partial charge on any atom is -0.271 e. The van der Waals surface area contributed by atoms with Gasteiger partial charge in [0.1, 0.15) is 12.2 Å². The number of thioether (sulfide) groups is 1. The van der Waals surface area contributed by atoms with Gasteiger partial charge in [0.05, 0.1) is 0 Å². The smallest absolute Gasteiger partial charge is 0.138 e. The second kappa shape index (κ2) is 6.81. The fraction of sp³-hybridized carbons (Fsp3) is 0.778. The summed E-state index contributed by atoms with van der Waals surface area (Å²) in [7, 11) is 0. The zero-order chi connectivity index (χ0) is 11.1. The second-order valence-electron chi connectivity index (χ2n) is 3.42. The predicted molar refractivity (Wildman–Crippen MR) is 63.5 cm³/mol. The maximum Gasteiger partial charge on any atom is 0.138 e. The van der Waals surface area contributed by atoms with Crippen molar-refractivity contribution in [3.63, 3.8) is 0 Å². The van der Waals surface area contributed by atoms with Crippen LogP contribution in [-0.2, 0) is 13.0 Å². The van der Waals surface area contributed by atoms with Gasteiger partial charge in [-0.3, -0.25) is 16.0 Å². The normalized spacial score (nSPS) is 13.0. The van der Waals surface area contributed by atoms with Gasteiger partial charge in [0.15, 0.2) is 0 Å². The molecular weight excluding hydrogens is 210 g/mol. The maximum atomic E-state index is 5.48. The first kappa shape index (κ1) is 12.5. The van der Waals surface area contributed by atoms with Crippen molar-refractivity contribution < 1.29 is 0 Å². The van der Waals surface area contributed by atoms with Gasteiger partial charge in [0, 0.05) is 24.8 Å². The van der Waals surface area contributed by atoms with Gasteiger partial charge in [0.2, 0.25) is 0 Å². The molecule has 0 aromatic carbocycles. The molecule has 1 aromatic rings. The Morgan fingerprint density at radius 1 is 1.67 bits per heavy atom. The highest BCUT2D eigenvalue weighted by Gasteiger charge is 2.11. The third-order valence-corrected chi connectivity index (χ3v) is 2.90. The summed E-state index contributed by atoms with van der Waals surface area (Å²) < 4.78 is 1.95. The van der Waals surface area contributed by atoms with Crippen molar-refractivity contribution in [3.05, 3.63) is 12.2 Å². The zero-order valence-corrected chi connectivity index (χ0v) is 10.1. The van der Waals surface area contributed by atoms with Gasteiger partial charge >= 0.3 is 0 Å². The molecule has 5 nitrogen and oxygen atoms in total. The van der Waals surface area contributed by atoms with Crippen LogP contribution in [0, 0.1) is 0 Å². The van der Waals surface area contributed by atoms with E-state index in [0.717, 1.165) is 31.0 Å². The van der Waals surface area contributed by atoms with E-state index < -0.39 is 0 Å². The van der Waals surface area contributed by atoms with Crippen LogP contribution in [0.1, 0.15) is 19.2 Å². The van der Waals surface area contributed by atoms with Crippen LogP contribution in [0.3, 0.4) is 0 Å². The van der Waals surface area contributed by atoms with Crippen molar-refractivity contribution in [2.75, 3.05) is 12.0 Å². The summed E-state index contributed by atoms with van der Waals surface area (Å²) in [6, 6.07) is 0.264. The van der Waals surface area contributed by atoms with Crippen molar-refractivity contribution in [3.8, 4) is 0 Å². The molecule has 0 amide bonds. The summed E-state index contributed by atoms with van der Waals surface area (Å²) in [5.74, 6) is 7.47. The number of nitrogens with one attached hydrogen (secondary N) is 1. The molecule has 0 spiro atoms. The van der Waals surface area contributed by atoms with Crippen LogP contribution in [0.5, 0.6) is 0 Å². The van der Waals surface area contributed by atoms with Crippen molar-refractivity contribution in [1.29, 1.82) is 0 Å². The Morgan fingerprint density at radius 2 is 2.47 bits per heavy atom. The van der Waals surface area contributed by atoms with E-state index in [-0.39, 0.29) is 6.04 Å². The molecule has 1 aromatic heterocycles. The molecular formula is C9H19N5S. The number of aryl methyl sites for hydroxylation is 1. The van der Waals surface area contributed by atoms with Crippen LogP contribution in [0.25, 0.3) is 0 Å². The van der Waals surface area contributed by atoms with Crippen LogP contribution < -0.4 is 11.3 Å². The van der Waals surface area contributed by atoms with E-state index >= 15 is 0 Å². The molecule has 6 heteroatoms. The molecule has 1 atom stereocenters. The van der Waals surface area contributed by atoms with Gasteiger partial charge in [-0.1, -0.05) is 6.92 Å². The molecule has 1 heterocycles. The number of hydrogen-bond acceptors (Lipinski definition) is 5. The Morgan fingerprint density at radius 3 is 3.07 bits per heavy atom.